The molecule has 0 spiro atoms. The molecular formula is C25H25FN2O4. The van der Waals surface area contributed by atoms with Gasteiger partial charge in [0.25, 0.3) is 0 Å². The van der Waals surface area contributed by atoms with Crippen molar-refractivity contribution in [1.29, 1.82) is 0 Å². The van der Waals surface area contributed by atoms with Gasteiger partial charge >= 0.3 is 5.97 Å². The van der Waals surface area contributed by atoms with E-state index in [9.17, 15) is 14.0 Å². The fourth-order valence-electron chi connectivity index (χ4n) is 4.15. The van der Waals surface area contributed by atoms with Crippen LogP contribution in [-0.2, 0) is 9.53 Å². The Balaban J connectivity index is 1.73. The number of fused-ring (bicyclic) bond motifs is 1. The van der Waals surface area contributed by atoms with Crippen molar-refractivity contribution in [2.75, 3.05) is 31.7 Å². The van der Waals surface area contributed by atoms with Gasteiger partial charge in [-0.05, 0) is 62.2 Å². The molecule has 32 heavy (non-hydrogen) atoms. The molecule has 1 aliphatic rings. The molecule has 2 aromatic carbocycles. The van der Waals surface area contributed by atoms with Crippen LogP contribution >= 0.6 is 0 Å². The lowest BCUT2D eigenvalue weighted by Crippen LogP contribution is -2.38. The largest absolute Gasteiger partial charge is 0.497 e. The van der Waals surface area contributed by atoms with Crippen LogP contribution in [0.3, 0.4) is 0 Å². The minimum atomic E-state index is -0.393. The lowest BCUT2D eigenvalue weighted by atomic mass is 9.94. The number of pyridine rings is 1. The lowest BCUT2D eigenvalue weighted by molar-refractivity contribution is -0.148. The van der Waals surface area contributed by atoms with E-state index in [1.54, 1.807) is 50.6 Å². The van der Waals surface area contributed by atoms with Crippen LogP contribution in [0, 0.1) is 11.7 Å². The summed E-state index contributed by atoms with van der Waals surface area (Å²) in [4.78, 5) is 32.0. The lowest BCUT2D eigenvalue weighted by Gasteiger charge is -2.34. The zero-order chi connectivity index (χ0) is 22.7. The molecule has 1 aliphatic heterocycles. The molecule has 6 nitrogen and oxygen atoms in total. The number of halogens is 1. The molecule has 0 amide bonds. The van der Waals surface area contributed by atoms with Crippen molar-refractivity contribution in [3.05, 3.63) is 65.6 Å². The van der Waals surface area contributed by atoms with Gasteiger partial charge in [-0.3, -0.25) is 14.6 Å². The topological polar surface area (TPSA) is 68.7 Å². The quantitative estimate of drug-likeness (QED) is 0.422. The molecular weight excluding hydrogens is 411 g/mol. The summed E-state index contributed by atoms with van der Waals surface area (Å²) in [6.07, 6.45) is 2.77. The van der Waals surface area contributed by atoms with E-state index in [1.807, 2.05) is 0 Å². The molecule has 1 aromatic heterocycles. The first-order chi connectivity index (χ1) is 15.5. The van der Waals surface area contributed by atoms with Gasteiger partial charge in [-0.2, -0.15) is 0 Å². The number of methoxy groups -OCH3 is 1. The van der Waals surface area contributed by atoms with E-state index in [2.05, 4.69) is 9.88 Å². The van der Waals surface area contributed by atoms with Crippen molar-refractivity contribution in [1.82, 2.24) is 4.98 Å². The zero-order valence-corrected chi connectivity index (χ0v) is 18.1. The van der Waals surface area contributed by atoms with Crippen molar-refractivity contribution in [3.63, 3.8) is 0 Å². The highest BCUT2D eigenvalue weighted by atomic mass is 19.1. The van der Waals surface area contributed by atoms with Crippen LogP contribution in [0.25, 0.3) is 10.9 Å². The molecule has 166 valence electrons. The average molecular weight is 436 g/mol. The maximum atomic E-state index is 14.2. The number of ketones is 1. The number of carbonyl (C=O) groups excluding carboxylic acids is 2. The number of aromatic nitrogens is 1. The number of piperidine rings is 1. The first-order valence-corrected chi connectivity index (χ1v) is 10.7. The third-order valence-electron chi connectivity index (χ3n) is 5.83. The van der Waals surface area contributed by atoms with Gasteiger partial charge in [0.15, 0.2) is 5.78 Å². The van der Waals surface area contributed by atoms with Crippen molar-refractivity contribution in [2.45, 2.75) is 19.8 Å². The zero-order valence-electron chi connectivity index (χ0n) is 18.1. The first kappa shape index (κ1) is 21.7. The third-order valence-corrected chi connectivity index (χ3v) is 5.83. The number of anilines is 1. The van der Waals surface area contributed by atoms with Gasteiger partial charge in [0, 0.05) is 30.2 Å². The van der Waals surface area contributed by atoms with Crippen molar-refractivity contribution < 1.29 is 23.5 Å². The van der Waals surface area contributed by atoms with Crippen LogP contribution in [0.4, 0.5) is 10.1 Å². The maximum Gasteiger partial charge on any atom is 0.309 e. The van der Waals surface area contributed by atoms with E-state index in [1.165, 1.54) is 12.1 Å². The highest BCUT2D eigenvalue weighted by molar-refractivity contribution is 6.16. The summed E-state index contributed by atoms with van der Waals surface area (Å²) in [7, 11) is 1.57. The fraction of sp³-hybridized carbons (Fsp3) is 0.320. The Morgan fingerprint density at radius 3 is 2.50 bits per heavy atom. The van der Waals surface area contributed by atoms with Gasteiger partial charge in [-0.25, -0.2) is 4.39 Å². The van der Waals surface area contributed by atoms with Gasteiger partial charge in [0.05, 0.1) is 36.4 Å². The van der Waals surface area contributed by atoms with Crippen molar-refractivity contribution in [2.24, 2.45) is 5.92 Å². The molecule has 0 saturated carbocycles. The Labute approximate surface area is 186 Å². The molecule has 3 aromatic rings. The smallest absolute Gasteiger partial charge is 0.309 e. The minimum Gasteiger partial charge on any atom is -0.497 e. The minimum absolute atomic E-state index is 0.170. The molecule has 2 heterocycles. The Morgan fingerprint density at radius 1 is 1.12 bits per heavy atom. The Bertz CT molecular complexity index is 1140. The molecule has 0 bridgehead atoms. The second-order valence-corrected chi connectivity index (χ2v) is 7.75. The monoisotopic (exact) mass is 436 g/mol. The van der Waals surface area contributed by atoms with E-state index in [4.69, 9.17) is 9.47 Å². The summed E-state index contributed by atoms with van der Waals surface area (Å²) < 4.78 is 24.5. The maximum absolute atomic E-state index is 14.2. The standard InChI is InChI=1S/C25H25FN2O4/c1-3-32-25(30)17-10-12-28(13-11-17)23-20-14-18(26)6-9-22(20)27-15-21(23)24(29)16-4-7-19(31-2)8-5-16/h4-9,14-15,17H,3,10-13H2,1-2H3. The van der Waals surface area contributed by atoms with Crippen LogP contribution in [0.1, 0.15) is 35.7 Å². The summed E-state index contributed by atoms with van der Waals surface area (Å²) in [5.74, 6) is -0.296. The number of benzene rings is 2. The molecule has 7 heteroatoms. The fourth-order valence-corrected chi connectivity index (χ4v) is 4.15. The molecule has 1 saturated heterocycles. The van der Waals surface area contributed by atoms with Crippen LogP contribution in [0.2, 0.25) is 0 Å². The molecule has 0 radical (unpaired) electrons. The summed E-state index contributed by atoms with van der Waals surface area (Å²) in [5, 5.41) is 0.582. The van der Waals surface area contributed by atoms with Gasteiger partial charge in [0.1, 0.15) is 11.6 Å². The Hall–Kier alpha value is -3.48. The van der Waals surface area contributed by atoms with E-state index >= 15 is 0 Å². The predicted octanol–water partition coefficient (Wildman–Crippen LogP) is 4.39. The Morgan fingerprint density at radius 2 is 1.84 bits per heavy atom. The highest BCUT2D eigenvalue weighted by Gasteiger charge is 2.29. The molecule has 0 N–H and O–H groups in total. The number of ether oxygens (including phenoxy) is 2. The van der Waals surface area contributed by atoms with Gasteiger partial charge in [-0.1, -0.05) is 0 Å². The summed E-state index contributed by atoms with van der Waals surface area (Å²) in [6.45, 7) is 3.26. The van der Waals surface area contributed by atoms with Crippen LogP contribution in [0.15, 0.2) is 48.7 Å². The van der Waals surface area contributed by atoms with E-state index in [0.717, 1.165) is 0 Å². The number of hydrogen-bond acceptors (Lipinski definition) is 6. The van der Waals surface area contributed by atoms with Gasteiger partial charge in [-0.15, -0.1) is 0 Å². The van der Waals surface area contributed by atoms with Gasteiger partial charge in [0.2, 0.25) is 0 Å². The van der Waals surface area contributed by atoms with Crippen molar-refractivity contribution in [3.8, 4) is 5.75 Å². The van der Waals surface area contributed by atoms with E-state index in [-0.39, 0.29) is 17.7 Å². The van der Waals surface area contributed by atoms with E-state index in [0.29, 0.717) is 66.0 Å². The second kappa shape index (κ2) is 9.34. The van der Waals surface area contributed by atoms with Crippen LogP contribution in [0.5, 0.6) is 5.75 Å². The third kappa shape index (κ3) is 4.28. The molecule has 0 unspecified atom stereocenters. The predicted molar refractivity (Wildman–Crippen MR) is 120 cm³/mol. The number of hydrogen-bond donors (Lipinski definition) is 0. The number of esters is 1. The second-order valence-electron chi connectivity index (χ2n) is 7.75. The summed E-state index contributed by atoms with van der Waals surface area (Å²) in [5.41, 5.74) is 2.16. The van der Waals surface area contributed by atoms with Gasteiger partial charge < -0.3 is 14.4 Å². The summed E-state index contributed by atoms with van der Waals surface area (Å²) >= 11 is 0. The first-order valence-electron chi connectivity index (χ1n) is 10.7. The molecule has 1 fully saturated rings. The number of nitrogens with zero attached hydrogens (tertiary/aromatic N) is 2. The number of rotatable bonds is 6. The van der Waals surface area contributed by atoms with Crippen LogP contribution < -0.4 is 9.64 Å². The highest BCUT2D eigenvalue weighted by Crippen LogP contribution is 2.35. The molecule has 0 aliphatic carbocycles. The van der Waals surface area contributed by atoms with Crippen LogP contribution in [-0.4, -0.2) is 43.5 Å². The summed E-state index contributed by atoms with van der Waals surface area (Å²) in [6, 6.07) is 11.2. The normalized spacial score (nSPS) is 14.4. The Kier molecular flexibility index (Phi) is 6.35. The molecule has 4 rings (SSSR count). The SMILES string of the molecule is CCOC(=O)C1CCN(c2c(C(=O)c3ccc(OC)cc3)cnc3ccc(F)cc23)CC1. The van der Waals surface area contributed by atoms with E-state index < -0.39 is 5.82 Å². The average Bonchev–Trinajstić information content (AvgIpc) is 2.83. The molecule has 0 atom stereocenters. The number of carbonyl (C=O) groups is 2. The van der Waals surface area contributed by atoms with Crippen molar-refractivity contribution >= 4 is 28.3 Å².